The number of carbonyl (C=O) groups is 2. The van der Waals surface area contributed by atoms with Gasteiger partial charge in [0, 0.05) is 11.6 Å². The number of nitrogens with one attached hydrogen (secondary N) is 2. The zero-order valence-corrected chi connectivity index (χ0v) is 12.6. The molecule has 23 heavy (non-hydrogen) atoms. The van der Waals surface area contributed by atoms with E-state index >= 15 is 0 Å². The number of para-hydroxylation sites is 1. The fourth-order valence-electron chi connectivity index (χ4n) is 2.28. The Bertz CT molecular complexity index is 850. The minimum absolute atomic E-state index is 0.0907. The van der Waals surface area contributed by atoms with Gasteiger partial charge < -0.3 is 15.0 Å². The molecule has 7 nitrogen and oxygen atoms in total. The van der Waals surface area contributed by atoms with Crippen LogP contribution in [0.2, 0.25) is 0 Å². The van der Waals surface area contributed by atoms with Crippen molar-refractivity contribution < 1.29 is 14.3 Å². The number of aromatic amines is 1. The molecule has 0 unspecified atom stereocenters. The number of aromatic nitrogens is 3. The van der Waals surface area contributed by atoms with Gasteiger partial charge in [0.1, 0.15) is 12.2 Å². The molecule has 0 atom stereocenters. The second-order valence-corrected chi connectivity index (χ2v) is 4.93. The largest absolute Gasteiger partial charge is 0.461 e. The summed E-state index contributed by atoms with van der Waals surface area (Å²) < 4.78 is 6.51. The van der Waals surface area contributed by atoms with Crippen LogP contribution >= 0.6 is 0 Å². The zero-order chi connectivity index (χ0) is 16.2. The minimum atomic E-state index is -0.453. The van der Waals surface area contributed by atoms with Gasteiger partial charge in [-0.1, -0.05) is 18.2 Å². The van der Waals surface area contributed by atoms with Crippen LogP contribution in [0.3, 0.4) is 0 Å². The fourth-order valence-corrected chi connectivity index (χ4v) is 2.28. The average Bonchev–Trinajstić information content (AvgIpc) is 3.15. The highest BCUT2D eigenvalue weighted by molar-refractivity contribution is 5.94. The van der Waals surface area contributed by atoms with E-state index in [1.165, 1.54) is 6.07 Å². The molecule has 0 bridgehead atoms. The molecule has 0 radical (unpaired) electrons. The van der Waals surface area contributed by atoms with E-state index in [1.807, 2.05) is 24.3 Å². The lowest BCUT2D eigenvalue weighted by Gasteiger charge is -2.04. The van der Waals surface area contributed by atoms with Crippen molar-refractivity contribution in [3.8, 4) is 0 Å². The van der Waals surface area contributed by atoms with Crippen molar-refractivity contribution in [3.63, 3.8) is 0 Å². The summed E-state index contributed by atoms with van der Waals surface area (Å²) in [5.41, 5.74) is 1.70. The van der Waals surface area contributed by atoms with Crippen LogP contribution in [0.4, 0.5) is 5.69 Å². The standard InChI is InChI=1S/C16H16N4O3/c1-2-23-16(22)13-7-12(9-17-13)19-15(21)10-20-14-6-4-3-5-11(14)8-18-20/h3-9,17H,2,10H2,1H3,(H,19,21). The van der Waals surface area contributed by atoms with Crippen molar-refractivity contribution in [3.05, 3.63) is 48.4 Å². The predicted molar refractivity (Wildman–Crippen MR) is 85.1 cm³/mol. The summed E-state index contributed by atoms with van der Waals surface area (Å²) in [6.07, 6.45) is 3.27. The summed E-state index contributed by atoms with van der Waals surface area (Å²) in [6.45, 7) is 2.12. The van der Waals surface area contributed by atoms with E-state index in [4.69, 9.17) is 4.74 Å². The molecule has 0 fully saturated rings. The van der Waals surface area contributed by atoms with E-state index in [1.54, 1.807) is 24.0 Å². The van der Waals surface area contributed by atoms with Gasteiger partial charge in [-0.05, 0) is 19.1 Å². The van der Waals surface area contributed by atoms with E-state index in [0.29, 0.717) is 18.0 Å². The van der Waals surface area contributed by atoms with Gasteiger partial charge in [-0.3, -0.25) is 9.48 Å². The van der Waals surface area contributed by atoms with Crippen LogP contribution in [-0.2, 0) is 16.1 Å². The molecule has 1 amide bonds. The normalized spacial score (nSPS) is 10.7. The lowest BCUT2D eigenvalue weighted by atomic mass is 10.2. The number of hydrogen-bond acceptors (Lipinski definition) is 4. The number of H-pyrrole nitrogens is 1. The van der Waals surface area contributed by atoms with Crippen molar-refractivity contribution in [2.75, 3.05) is 11.9 Å². The highest BCUT2D eigenvalue weighted by atomic mass is 16.5. The highest BCUT2D eigenvalue weighted by Crippen LogP contribution is 2.14. The summed E-state index contributed by atoms with van der Waals surface area (Å²) in [5.74, 6) is -0.681. The Morgan fingerprint density at radius 2 is 2.17 bits per heavy atom. The number of hydrogen-bond donors (Lipinski definition) is 2. The van der Waals surface area contributed by atoms with Crippen molar-refractivity contribution in [2.24, 2.45) is 0 Å². The Labute approximate surface area is 132 Å². The van der Waals surface area contributed by atoms with Crippen molar-refractivity contribution in [2.45, 2.75) is 13.5 Å². The highest BCUT2D eigenvalue weighted by Gasteiger charge is 2.12. The summed E-state index contributed by atoms with van der Waals surface area (Å²) in [7, 11) is 0. The number of esters is 1. The molecule has 0 spiro atoms. The summed E-state index contributed by atoms with van der Waals surface area (Å²) in [6, 6.07) is 9.21. The molecule has 7 heteroatoms. The minimum Gasteiger partial charge on any atom is -0.461 e. The summed E-state index contributed by atoms with van der Waals surface area (Å²) in [4.78, 5) is 26.5. The first kappa shape index (κ1) is 14.8. The monoisotopic (exact) mass is 312 g/mol. The van der Waals surface area contributed by atoms with Gasteiger partial charge in [0.15, 0.2) is 0 Å². The number of rotatable bonds is 5. The maximum Gasteiger partial charge on any atom is 0.354 e. The number of benzene rings is 1. The van der Waals surface area contributed by atoms with Crippen LogP contribution in [0.5, 0.6) is 0 Å². The van der Waals surface area contributed by atoms with E-state index in [9.17, 15) is 9.59 Å². The molecular formula is C16H16N4O3. The van der Waals surface area contributed by atoms with Crippen LogP contribution in [0, 0.1) is 0 Å². The quantitative estimate of drug-likeness (QED) is 0.707. The third-order valence-electron chi connectivity index (χ3n) is 3.31. The molecule has 0 aliphatic rings. The lowest BCUT2D eigenvalue weighted by molar-refractivity contribution is -0.116. The van der Waals surface area contributed by atoms with Gasteiger partial charge >= 0.3 is 5.97 Å². The number of nitrogens with zero attached hydrogens (tertiary/aromatic N) is 2. The Morgan fingerprint density at radius 1 is 1.35 bits per heavy atom. The number of ether oxygens (including phenoxy) is 1. The Balaban J connectivity index is 1.67. The third-order valence-corrected chi connectivity index (χ3v) is 3.31. The molecule has 2 N–H and O–H groups in total. The first-order valence-electron chi connectivity index (χ1n) is 7.23. The average molecular weight is 312 g/mol. The van der Waals surface area contributed by atoms with E-state index in [2.05, 4.69) is 15.4 Å². The molecule has 0 saturated heterocycles. The maximum atomic E-state index is 12.1. The predicted octanol–water partition coefficient (Wildman–Crippen LogP) is 2.18. The molecule has 1 aromatic carbocycles. The van der Waals surface area contributed by atoms with Crippen LogP contribution in [0.15, 0.2) is 42.7 Å². The maximum absolute atomic E-state index is 12.1. The van der Waals surface area contributed by atoms with Gasteiger partial charge in [0.25, 0.3) is 0 Å². The second kappa shape index (κ2) is 6.35. The molecule has 2 heterocycles. The Morgan fingerprint density at radius 3 is 3.00 bits per heavy atom. The first-order chi connectivity index (χ1) is 11.2. The van der Waals surface area contributed by atoms with Gasteiger partial charge in [-0.15, -0.1) is 0 Å². The number of carbonyl (C=O) groups excluding carboxylic acids is 2. The molecule has 0 aliphatic carbocycles. The van der Waals surface area contributed by atoms with Gasteiger partial charge in [0.05, 0.1) is 24.0 Å². The fraction of sp³-hybridized carbons (Fsp3) is 0.188. The Hall–Kier alpha value is -3.09. The summed E-state index contributed by atoms with van der Waals surface area (Å²) in [5, 5.41) is 7.91. The molecule has 2 aromatic heterocycles. The molecule has 118 valence electrons. The van der Waals surface area contributed by atoms with E-state index in [-0.39, 0.29) is 12.5 Å². The second-order valence-electron chi connectivity index (χ2n) is 4.93. The van der Waals surface area contributed by atoms with Crippen LogP contribution in [0.1, 0.15) is 17.4 Å². The van der Waals surface area contributed by atoms with Crippen LogP contribution < -0.4 is 5.32 Å². The Kier molecular flexibility index (Phi) is 4.09. The molecule has 3 aromatic rings. The summed E-state index contributed by atoms with van der Waals surface area (Å²) >= 11 is 0. The number of amides is 1. The SMILES string of the molecule is CCOC(=O)c1cc(NC(=O)Cn2ncc3ccccc32)c[nH]1. The third kappa shape index (κ3) is 3.23. The molecule has 0 saturated carbocycles. The van der Waals surface area contributed by atoms with E-state index in [0.717, 1.165) is 10.9 Å². The van der Waals surface area contributed by atoms with Crippen LogP contribution in [-0.4, -0.2) is 33.2 Å². The van der Waals surface area contributed by atoms with Crippen molar-refractivity contribution in [1.29, 1.82) is 0 Å². The zero-order valence-electron chi connectivity index (χ0n) is 12.6. The van der Waals surface area contributed by atoms with Crippen LogP contribution in [0.25, 0.3) is 10.9 Å². The van der Waals surface area contributed by atoms with Gasteiger partial charge in [0.2, 0.25) is 5.91 Å². The molecular weight excluding hydrogens is 296 g/mol. The van der Waals surface area contributed by atoms with Crippen molar-refractivity contribution in [1.82, 2.24) is 14.8 Å². The number of anilines is 1. The smallest absolute Gasteiger partial charge is 0.354 e. The van der Waals surface area contributed by atoms with Crippen molar-refractivity contribution >= 4 is 28.5 Å². The lowest BCUT2D eigenvalue weighted by Crippen LogP contribution is -2.19. The first-order valence-corrected chi connectivity index (χ1v) is 7.23. The van der Waals surface area contributed by atoms with Gasteiger partial charge in [-0.2, -0.15) is 5.10 Å². The topological polar surface area (TPSA) is 89.0 Å². The number of fused-ring (bicyclic) bond motifs is 1. The van der Waals surface area contributed by atoms with Gasteiger partial charge in [-0.25, -0.2) is 4.79 Å². The molecule has 0 aliphatic heterocycles. The van der Waals surface area contributed by atoms with E-state index < -0.39 is 5.97 Å². The molecule has 3 rings (SSSR count).